The van der Waals surface area contributed by atoms with Gasteiger partial charge >= 0.3 is 0 Å². The van der Waals surface area contributed by atoms with Crippen LogP contribution < -0.4 is 21.9 Å². The van der Waals surface area contributed by atoms with E-state index in [0.717, 1.165) is 111 Å². The zero-order valence-electron chi connectivity index (χ0n) is 26.0. The molecule has 0 radical (unpaired) electrons. The minimum atomic E-state index is 0.523. The summed E-state index contributed by atoms with van der Waals surface area (Å²) in [6.07, 6.45) is 13.3. The number of unbranched alkanes of at least 4 members (excludes halogenated alkanes) is 4. The lowest BCUT2D eigenvalue weighted by molar-refractivity contribution is 0.313. The number of rotatable bonds is 18. The maximum atomic E-state index is 6.09. The van der Waals surface area contributed by atoms with Crippen LogP contribution in [0.4, 0.5) is 0 Å². The molecule has 0 aliphatic rings. The number of nitrogens with two attached hydrogens (primary N) is 3. The Morgan fingerprint density at radius 1 is 0.556 bits per heavy atom. The van der Waals surface area contributed by atoms with Crippen molar-refractivity contribution in [1.82, 2.24) is 30.0 Å². The molecule has 0 saturated carbocycles. The summed E-state index contributed by atoms with van der Waals surface area (Å²) in [6.45, 7) is 2.57. The van der Waals surface area contributed by atoms with Crippen LogP contribution in [0.15, 0.2) is 79.1 Å². The molecule has 10 heteroatoms. The Morgan fingerprint density at radius 2 is 1.07 bits per heavy atom. The third-order valence-electron chi connectivity index (χ3n) is 7.79. The molecule has 0 atom stereocenters. The second-order valence-electron chi connectivity index (χ2n) is 11.4. The molecule has 0 aliphatic heterocycles. The van der Waals surface area contributed by atoms with Crippen molar-refractivity contribution < 1.29 is 4.74 Å². The van der Waals surface area contributed by atoms with Crippen LogP contribution in [-0.2, 0) is 12.8 Å². The fourth-order valence-corrected chi connectivity index (χ4v) is 5.31. The monoisotopic (exact) mass is 607 g/mol. The van der Waals surface area contributed by atoms with E-state index in [9.17, 15) is 0 Å². The van der Waals surface area contributed by atoms with E-state index in [1.165, 1.54) is 11.1 Å². The molecule has 5 aromatic rings. The maximum Gasteiger partial charge on any atom is 0.120 e. The summed E-state index contributed by atoms with van der Waals surface area (Å²) < 4.78 is 9.73. The standard InChI is InChI=1S/C35H45N9O/c36-16-5-1-3-10-27-12-7-14-31(20-27)43-25-34(39-41-43)29-22-30(24-33(23-29)45-19-9-18-38)35-26-44(42-40-35)32-15-8-13-28(21-32)11-4-2-6-17-37/h7-8,12-15,20-26H,1-6,9-11,16-19,36-38H2. The molecule has 2 heterocycles. The van der Waals surface area contributed by atoms with Crippen molar-refractivity contribution in [2.45, 2.75) is 57.8 Å². The minimum absolute atomic E-state index is 0.523. The van der Waals surface area contributed by atoms with Gasteiger partial charge in [-0.1, -0.05) is 47.5 Å². The number of aryl methyl sites for hydroxylation is 2. The van der Waals surface area contributed by atoms with Crippen LogP contribution in [0.3, 0.4) is 0 Å². The van der Waals surface area contributed by atoms with E-state index in [4.69, 9.17) is 21.9 Å². The Hall–Kier alpha value is -4.38. The highest BCUT2D eigenvalue weighted by Crippen LogP contribution is 2.31. The van der Waals surface area contributed by atoms with Gasteiger partial charge in [-0.25, -0.2) is 9.36 Å². The molecular formula is C35H45N9O. The topological polar surface area (TPSA) is 149 Å². The zero-order valence-corrected chi connectivity index (χ0v) is 26.0. The van der Waals surface area contributed by atoms with Gasteiger partial charge in [0.2, 0.25) is 0 Å². The fraction of sp³-hybridized carbons (Fsp3) is 0.371. The molecule has 236 valence electrons. The van der Waals surface area contributed by atoms with Crippen LogP contribution in [0.1, 0.15) is 56.1 Å². The van der Waals surface area contributed by atoms with Crippen molar-refractivity contribution in [1.29, 1.82) is 0 Å². The van der Waals surface area contributed by atoms with Gasteiger partial charge in [-0.15, -0.1) is 10.2 Å². The smallest absolute Gasteiger partial charge is 0.120 e. The Labute approximate surface area is 265 Å². The summed E-state index contributed by atoms with van der Waals surface area (Å²) in [5.74, 6) is 0.721. The van der Waals surface area contributed by atoms with E-state index in [2.05, 4.69) is 63.1 Å². The molecular weight excluding hydrogens is 562 g/mol. The first-order chi connectivity index (χ1) is 22.2. The van der Waals surface area contributed by atoms with Crippen molar-refractivity contribution in [2.24, 2.45) is 17.2 Å². The predicted molar refractivity (Wildman–Crippen MR) is 180 cm³/mol. The molecule has 0 bridgehead atoms. The average molecular weight is 608 g/mol. The van der Waals surface area contributed by atoms with Gasteiger partial charge in [0.25, 0.3) is 0 Å². The van der Waals surface area contributed by atoms with Gasteiger partial charge in [-0.2, -0.15) is 0 Å². The lowest BCUT2D eigenvalue weighted by Gasteiger charge is -2.09. The minimum Gasteiger partial charge on any atom is -0.494 e. The second-order valence-corrected chi connectivity index (χ2v) is 11.4. The van der Waals surface area contributed by atoms with Crippen molar-refractivity contribution in [3.05, 3.63) is 90.3 Å². The highest BCUT2D eigenvalue weighted by molar-refractivity contribution is 5.71. The summed E-state index contributed by atoms with van der Waals surface area (Å²) >= 11 is 0. The average Bonchev–Trinajstić information content (AvgIpc) is 3.77. The van der Waals surface area contributed by atoms with E-state index >= 15 is 0 Å². The third kappa shape index (κ3) is 9.07. The first kappa shape index (κ1) is 32.0. The van der Waals surface area contributed by atoms with E-state index in [1.807, 2.05) is 46.0 Å². The Morgan fingerprint density at radius 3 is 1.56 bits per heavy atom. The van der Waals surface area contributed by atoms with Crippen LogP contribution in [0.2, 0.25) is 0 Å². The van der Waals surface area contributed by atoms with Gasteiger partial charge in [0.05, 0.1) is 30.4 Å². The molecule has 0 saturated heterocycles. The first-order valence-electron chi connectivity index (χ1n) is 16.1. The molecule has 0 spiro atoms. The van der Waals surface area contributed by atoms with Gasteiger partial charge in [0.1, 0.15) is 17.1 Å². The quantitative estimate of drug-likeness (QED) is 0.114. The maximum absolute atomic E-state index is 6.09. The number of benzene rings is 3. The SMILES string of the molecule is NCCCCCc1cccc(-n2cc(-c3cc(OCCCN)cc(-c4cn(-c5cccc(CCCCCN)c5)nn4)c3)nn2)c1. The molecule has 10 nitrogen and oxygen atoms in total. The highest BCUT2D eigenvalue weighted by atomic mass is 16.5. The Balaban J connectivity index is 1.38. The van der Waals surface area contributed by atoms with Gasteiger partial charge in [-0.05, 0) is 118 Å². The van der Waals surface area contributed by atoms with Gasteiger partial charge in [-0.3, -0.25) is 0 Å². The van der Waals surface area contributed by atoms with Gasteiger partial charge in [0.15, 0.2) is 0 Å². The summed E-state index contributed by atoms with van der Waals surface area (Å²) in [5.41, 5.74) is 24.8. The van der Waals surface area contributed by atoms with E-state index in [1.54, 1.807) is 0 Å². The predicted octanol–water partition coefficient (Wildman–Crippen LogP) is 5.25. The molecule has 3 aromatic carbocycles. The molecule has 5 rings (SSSR count). The Bertz CT molecular complexity index is 1510. The van der Waals surface area contributed by atoms with Crippen LogP contribution >= 0.6 is 0 Å². The zero-order chi connectivity index (χ0) is 31.3. The third-order valence-corrected chi connectivity index (χ3v) is 7.79. The van der Waals surface area contributed by atoms with Gasteiger partial charge in [0, 0.05) is 11.1 Å². The number of nitrogens with zero attached hydrogens (tertiary/aromatic N) is 6. The lowest BCUT2D eigenvalue weighted by atomic mass is 10.1. The van der Waals surface area contributed by atoms with Crippen LogP contribution in [0.5, 0.6) is 5.75 Å². The van der Waals surface area contributed by atoms with Crippen molar-refractivity contribution >= 4 is 0 Å². The lowest BCUT2D eigenvalue weighted by Crippen LogP contribution is -2.06. The fourth-order valence-electron chi connectivity index (χ4n) is 5.31. The molecule has 45 heavy (non-hydrogen) atoms. The van der Waals surface area contributed by atoms with Crippen molar-refractivity contribution in [3.8, 4) is 39.6 Å². The first-order valence-corrected chi connectivity index (χ1v) is 16.1. The molecule has 0 fully saturated rings. The number of ether oxygens (including phenoxy) is 1. The molecule has 6 N–H and O–H groups in total. The van der Waals surface area contributed by atoms with Gasteiger partial charge < -0.3 is 21.9 Å². The van der Waals surface area contributed by atoms with Crippen molar-refractivity contribution in [2.75, 3.05) is 26.2 Å². The summed E-state index contributed by atoms with van der Waals surface area (Å²) in [6, 6.07) is 22.9. The summed E-state index contributed by atoms with van der Waals surface area (Å²) in [7, 11) is 0. The normalized spacial score (nSPS) is 11.3. The van der Waals surface area contributed by atoms with E-state index in [-0.39, 0.29) is 0 Å². The summed E-state index contributed by atoms with van der Waals surface area (Å²) in [4.78, 5) is 0. The van der Waals surface area contributed by atoms with Crippen LogP contribution in [0.25, 0.3) is 33.9 Å². The molecule has 0 unspecified atom stereocenters. The van der Waals surface area contributed by atoms with Crippen LogP contribution in [-0.4, -0.2) is 56.2 Å². The van der Waals surface area contributed by atoms with Crippen molar-refractivity contribution in [3.63, 3.8) is 0 Å². The van der Waals surface area contributed by atoms with E-state index in [0.29, 0.717) is 13.2 Å². The highest BCUT2D eigenvalue weighted by Gasteiger charge is 2.14. The molecule has 2 aromatic heterocycles. The summed E-state index contributed by atoms with van der Waals surface area (Å²) in [5, 5.41) is 18.0. The number of hydrogen-bond acceptors (Lipinski definition) is 8. The molecule has 0 aliphatic carbocycles. The number of hydrogen-bond donors (Lipinski definition) is 3. The second kappa shape index (κ2) is 16.6. The van der Waals surface area contributed by atoms with Crippen LogP contribution in [0, 0.1) is 0 Å². The molecule has 0 amide bonds. The Kier molecular flexibility index (Phi) is 11.8. The number of aromatic nitrogens is 6. The largest absolute Gasteiger partial charge is 0.494 e. The van der Waals surface area contributed by atoms with E-state index < -0.39 is 0 Å².